The highest BCUT2D eigenvalue weighted by Gasteiger charge is 2.32. The predicted octanol–water partition coefficient (Wildman–Crippen LogP) is 5.88. The molecule has 6 nitrogen and oxygen atoms in total. The third kappa shape index (κ3) is 3.97. The zero-order valence-electron chi connectivity index (χ0n) is 16.6. The summed E-state index contributed by atoms with van der Waals surface area (Å²) in [5.41, 5.74) is 1.05. The van der Waals surface area contributed by atoms with Crippen LogP contribution in [0, 0.1) is 35.7 Å². The zero-order chi connectivity index (χ0) is 24.8. The van der Waals surface area contributed by atoms with E-state index in [-0.39, 0.29) is 18.0 Å². The number of anilines is 2. The van der Waals surface area contributed by atoms with Gasteiger partial charge in [0.2, 0.25) is 40.5 Å². The van der Waals surface area contributed by atoms with Crippen LogP contribution in [0.15, 0.2) is 41.3 Å². The van der Waals surface area contributed by atoms with E-state index in [9.17, 15) is 30.4 Å². The number of halogens is 6. The Labute approximate surface area is 194 Å². The normalized spacial score (nSPS) is 13.1. The molecule has 0 saturated heterocycles. The second-order valence-electron chi connectivity index (χ2n) is 6.81. The highest BCUT2D eigenvalue weighted by molar-refractivity contribution is 7.87. The van der Waals surface area contributed by atoms with Crippen LogP contribution < -0.4 is 13.8 Å². The van der Waals surface area contributed by atoms with E-state index >= 15 is 0 Å². The van der Waals surface area contributed by atoms with Gasteiger partial charge in [-0.15, -0.1) is 0 Å². The maximum absolute atomic E-state index is 13.9. The zero-order valence-corrected chi connectivity index (χ0v) is 18.2. The van der Waals surface area contributed by atoms with E-state index in [2.05, 4.69) is 9.03 Å². The molecule has 0 fully saturated rings. The van der Waals surface area contributed by atoms with Crippen molar-refractivity contribution in [3.63, 3.8) is 0 Å². The van der Waals surface area contributed by atoms with Gasteiger partial charge in [0, 0.05) is 16.8 Å². The third-order valence-corrected chi connectivity index (χ3v) is 6.25. The highest BCUT2D eigenvalue weighted by Crippen LogP contribution is 2.43. The predicted molar refractivity (Wildman–Crippen MR) is 111 cm³/mol. The first kappa shape index (κ1) is 23.6. The van der Waals surface area contributed by atoms with Crippen molar-refractivity contribution >= 4 is 38.8 Å². The number of benzene rings is 3. The van der Waals surface area contributed by atoms with Gasteiger partial charge in [-0.05, 0) is 30.3 Å². The molecule has 0 unspecified atom stereocenters. The maximum Gasteiger partial charge on any atom is 0.339 e. The summed E-state index contributed by atoms with van der Waals surface area (Å²) in [5.74, 6) is -14.0. The molecule has 176 valence electrons. The lowest BCUT2D eigenvalue weighted by Crippen LogP contribution is -2.28. The summed E-state index contributed by atoms with van der Waals surface area (Å²) in [6.45, 7) is 7.73. The Morgan fingerprint density at radius 3 is 2.21 bits per heavy atom. The van der Waals surface area contributed by atoms with Crippen LogP contribution in [0.4, 0.5) is 39.0 Å². The van der Waals surface area contributed by atoms with Gasteiger partial charge in [-0.3, -0.25) is 0 Å². The van der Waals surface area contributed by atoms with Crippen molar-refractivity contribution in [2.24, 2.45) is 0 Å². The van der Waals surface area contributed by atoms with Crippen molar-refractivity contribution in [3.8, 4) is 11.5 Å². The van der Waals surface area contributed by atoms with Crippen LogP contribution >= 0.6 is 11.6 Å². The molecule has 0 atom stereocenters. The van der Waals surface area contributed by atoms with Gasteiger partial charge in [0.1, 0.15) is 17.3 Å². The molecule has 0 radical (unpaired) electrons. The number of ether oxygens (including phenoxy) is 1. The molecule has 0 spiro atoms. The molecule has 0 N–H and O–H groups in total. The maximum atomic E-state index is 13.9. The SMILES string of the molecule is [C-]#[N+]c1cc(Cl)ccc1N1CCOc2cc(S(=O)(=O)Oc3c(F)c(F)c(F)c(F)c3F)ccc21. The molecule has 34 heavy (non-hydrogen) atoms. The Morgan fingerprint density at radius 2 is 1.56 bits per heavy atom. The molecule has 3 aromatic carbocycles. The molecular weight excluding hydrogens is 507 g/mol. The minimum absolute atomic E-state index is 0.0132. The first-order valence-corrected chi connectivity index (χ1v) is 11.0. The van der Waals surface area contributed by atoms with Crippen LogP contribution in [-0.4, -0.2) is 21.6 Å². The van der Waals surface area contributed by atoms with Crippen LogP contribution in [0.2, 0.25) is 5.02 Å². The first-order chi connectivity index (χ1) is 16.0. The van der Waals surface area contributed by atoms with Crippen LogP contribution in [0.1, 0.15) is 0 Å². The second-order valence-corrected chi connectivity index (χ2v) is 8.79. The standard InChI is InChI=1S/C21H10ClF5N2O4S/c1-28-12-8-10(22)2-4-13(12)29-6-7-32-15-9-11(3-5-14(15)29)34(30,31)33-21-19(26)17(24)16(23)18(25)20(21)27/h2-5,8-9H,6-7H2. The molecule has 4 rings (SSSR count). The molecule has 0 aromatic heterocycles. The van der Waals surface area contributed by atoms with Crippen LogP contribution in [0.3, 0.4) is 0 Å². The summed E-state index contributed by atoms with van der Waals surface area (Å²) < 4.78 is 103. The Bertz CT molecular complexity index is 1450. The van der Waals surface area contributed by atoms with Gasteiger partial charge in [0.15, 0.2) is 0 Å². The minimum Gasteiger partial charge on any atom is -0.489 e. The van der Waals surface area contributed by atoms with E-state index in [4.69, 9.17) is 22.9 Å². The van der Waals surface area contributed by atoms with Crippen molar-refractivity contribution in [1.29, 1.82) is 0 Å². The Hall–Kier alpha value is -3.56. The summed E-state index contributed by atoms with van der Waals surface area (Å²) >= 11 is 5.93. The lowest BCUT2D eigenvalue weighted by atomic mass is 10.2. The molecule has 0 aliphatic carbocycles. The van der Waals surface area contributed by atoms with E-state index in [0.29, 0.717) is 22.9 Å². The van der Waals surface area contributed by atoms with E-state index in [1.54, 1.807) is 17.0 Å². The van der Waals surface area contributed by atoms with Crippen LogP contribution in [0.5, 0.6) is 11.5 Å². The summed E-state index contributed by atoms with van der Waals surface area (Å²) in [6, 6.07) is 7.87. The van der Waals surface area contributed by atoms with E-state index < -0.39 is 49.8 Å². The summed E-state index contributed by atoms with van der Waals surface area (Å²) in [4.78, 5) is 4.43. The number of hydrogen-bond donors (Lipinski definition) is 0. The van der Waals surface area contributed by atoms with Gasteiger partial charge in [0.25, 0.3) is 0 Å². The van der Waals surface area contributed by atoms with Gasteiger partial charge < -0.3 is 13.8 Å². The van der Waals surface area contributed by atoms with Crippen LogP contribution in [0.25, 0.3) is 4.85 Å². The number of nitrogens with zero attached hydrogens (tertiary/aromatic N) is 2. The number of hydrogen-bond acceptors (Lipinski definition) is 5. The van der Waals surface area contributed by atoms with Crippen LogP contribution in [-0.2, 0) is 10.1 Å². The molecule has 1 aliphatic rings. The Kier molecular flexibility index (Phi) is 6.01. The van der Waals surface area contributed by atoms with Gasteiger partial charge in [0.05, 0.1) is 18.8 Å². The number of rotatable bonds is 4. The molecule has 0 saturated carbocycles. The highest BCUT2D eigenvalue weighted by atomic mass is 35.5. The summed E-state index contributed by atoms with van der Waals surface area (Å²) in [7, 11) is -5.04. The second kappa shape index (κ2) is 8.66. The largest absolute Gasteiger partial charge is 0.489 e. The molecule has 0 amide bonds. The summed E-state index contributed by atoms with van der Waals surface area (Å²) in [6.07, 6.45) is 0. The fourth-order valence-electron chi connectivity index (χ4n) is 3.24. The molecule has 3 aromatic rings. The molecular formula is C21H10ClF5N2O4S. The average Bonchev–Trinajstić information content (AvgIpc) is 2.83. The molecule has 1 heterocycles. The van der Waals surface area contributed by atoms with Gasteiger partial charge >= 0.3 is 10.1 Å². The first-order valence-electron chi connectivity index (χ1n) is 9.22. The fourth-order valence-corrected chi connectivity index (χ4v) is 4.35. The van der Waals surface area contributed by atoms with Crippen molar-refractivity contribution in [2.75, 3.05) is 18.1 Å². The lowest BCUT2D eigenvalue weighted by molar-refractivity contribution is 0.313. The van der Waals surface area contributed by atoms with Crippen molar-refractivity contribution in [3.05, 3.63) is 81.9 Å². The smallest absolute Gasteiger partial charge is 0.339 e. The van der Waals surface area contributed by atoms with E-state index in [1.807, 2.05) is 0 Å². The third-order valence-electron chi connectivity index (χ3n) is 4.79. The monoisotopic (exact) mass is 516 g/mol. The van der Waals surface area contributed by atoms with Crippen molar-refractivity contribution < 1.29 is 39.3 Å². The lowest BCUT2D eigenvalue weighted by Gasteiger charge is -2.32. The summed E-state index contributed by atoms with van der Waals surface area (Å²) in [5, 5.41) is 0.343. The Morgan fingerprint density at radius 1 is 0.941 bits per heavy atom. The molecule has 13 heteroatoms. The van der Waals surface area contributed by atoms with Gasteiger partial charge in [-0.1, -0.05) is 11.6 Å². The topological polar surface area (TPSA) is 60.2 Å². The molecule has 0 bridgehead atoms. The van der Waals surface area contributed by atoms with E-state index in [0.717, 1.165) is 12.1 Å². The van der Waals surface area contributed by atoms with Gasteiger partial charge in [-0.2, -0.15) is 17.2 Å². The minimum atomic E-state index is -5.04. The Balaban J connectivity index is 1.73. The van der Waals surface area contributed by atoms with Gasteiger partial charge in [-0.25, -0.2) is 18.0 Å². The molecule has 1 aliphatic heterocycles. The van der Waals surface area contributed by atoms with E-state index in [1.165, 1.54) is 12.1 Å². The van der Waals surface area contributed by atoms with Crippen molar-refractivity contribution in [2.45, 2.75) is 4.90 Å². The van der Waals surface area contributed by atoms with Crippen molar-refractivity contribution in [1.82, 2.24) is 0 Å². The quantitative estimate of drug-likeness (QED) is 0.142. The number of fused-ring (bicyclic) bond motifs is 1. The fraction of sp³-hybridized carbons (Fsp3) is 0.0952. The average molecular weight is 517 g/mol.